The minimum absolute atomic E-state index is 0.142. The number of carbonyl (C=O) groups is 1. The molecule has 0 amide bonds. The number of ether oxygens (including phenoxy) is 1. The van der Waals surface area contributed by atoms with E-state index in [9.17, 15) is 9.90 Å². The fourth-order valence-electron chi connectivity index (χ4n) is 3.04. The minimum atomic E-state index is -1.01. The lowest BCUT2D eigenvalue weighted by Gasteiger charge is -2.37. The third-order valence-electron chi connectivity index (χ3n) is 4.20. The molecule has 7 nitrogen and oxygen atoms in total. The van der Waals surface area contributed by atoms with Crippen molar-refractivity contribution in [3.63, 3.8) is 0 Å². The van der Waals surface area contributed by atoms with Crippen molar-refractivity contribution in [1.29, 1.82) is 0 Å². The van der Waals surface area contributed by atoms with E-state index in [1.807, 2.05) is 36.1 Å². The summed E-state index contributed by atoms with van der Waals surface area (Å²) in [6.45, 7) is 5.46. The van der Waals surface area contributed by atoms with Gasteiger partial charge in [-0.05, 0) is 25.1 Å². The number of carboxylic acids is 1. The highest BCUT2D eigenvalue weighted by Crippen LogP contribution is 2.30. The van der Waals surface area contributed by atoms with Gasteiger partial charge >= 0.3 is 5.97 Å². The van der Waals surface area contributed by atoms with Crippen LogP contribution in [0.4, 0.5) is 17.2 Å². The number of nitrogens with two attached hydrogens (primary N) is 1. The van der Waals surface area contributed by atoms with E-state index >= 15 is 0 Å². The smallest absolute Gasteiger partial charge is 0.339 e. The monoisotopic (exact) mass is 342 g/mol. The molecule has 0 radical (unpaired) electrons. The summed E-state index contributed by atoms with van der Waals surface area (Å²) in [5.74, 6) is 0.327. The van der Waals surface area contributed by atoms with Gasteiger partial charge in [-0.3, -0.25) is 0 Å². The third kappa shape index (κ3) is 3.60. The Bertz CT molecular complexity index is 758. The minimum Gasteiger partial charge on any atom is -0.492 e. The van der Waals surface area contributed by atoms with Gasteiger partial charge in [-0.1, -0.05) is 12.1 Å². The maximum Gasteiger partial charge on any atom is 0.339 e. The Morgan fingerprint density at radius 1 is 1.24 bits per heavy atom. The van der Waals surface area contributed by atoms with Crippen molar-refractivity contribution < 1.29 is 14.6 Å². The molecule has 0 saturated carbocycles. The molecule has 1 aromatic carbocycles. The van der Waals surface area contributed by atoms with Gasteiger partial charge in [-0.25, -0.2) is 9.78 Å². The molecule has 2 aromatic rings. The van der Waals surface area contributed by atoms with Crippen LogP contribution < -0.4 is 20.3 Å². The first-order chi connectivity index (χ1) is 12.1. The molecule has 0 spiro atoms. The number of benzene rings is 1. The summed E-state index contributed by atoms with van der Waals surface area (Å²) < 4.78 is 5.71. The SMILES string of the molecule is CCOc1ccccc1N1CCN(c2ncc(N)cc2C(=O)O)CC1. The van der Waals surface area contributed by atoms with Crippen LogP contribution in [0.25, 0.3) is 0 Å². The highest BCUT2D eigenvalue weighted by atomic mass is 16.5. The number of aromatic carboxylic acids is 1. The number of piperazine rings is 1. The molecule has 2 heterocycles. The average molecular weight is 342 g/mol. The van der Waals surface area contributed by atoms with Gasteiger partial charge in [0.25, 0.3) is 0 Å². The molecule has 25 heavy (non-hydrogen) atoms. The molecule has 3 N–H and O–H groups in total. The van der Waals surface area contributed by atoms with Gasteiger partial charge in [0.1, 0.15) is 17.1 Å². The Morgan fingerprint density at radius 2 is 1.92 bits per heavy atom. The second-order valence-corrected chi connectivity index (χ2v) is 5.82. The molecule has 3 rings (SSSR count). The van der Waals surface area contributed by atoms with E-state index in [1.54, 1.807) is 0 Å². The first-order valence-electron chi connectivity index (χ1n) is 8.30. The van der Waals surface area contributed by atoms with Crippen molar-refractivity contribution in [1.82, 2.24) is 4.98 Å². The third-order valence-corrected chi connectivity index (χ3v) is 4.20. The number of nitrogen functional groups attached to an aromatic ring is 1. The second-order valence-electron chi connectivity index (χ2n) is 5.82. The molecule has 1 aliphatic heterocycles. The number of hydrogen-bond acceptors (Lipinski definition) is 6. The van der Waals surface area contributed by atoms with Crippen LogP contribution >= 0.6 is 0 Å². The van der Waals surface area contributed by atoms with Crippen LogP contribution in [0.15, 0.2) is 36.5 Å². The molecular weight excluding hydrogens is 320 g/mol. The highest BCUT2D eigenvalue weighted by Gasteiger charge is 2.24. The average Bonchev–Trinajstić information content (AvgIpc) is 2.63. The Kier molecular flexibility index (Phi) is 4.92. The number of pyridine rings is 1. The maximum absolute atomic E-state index is 11.5. The molecule has 1 saturated heterocycles. The van der Waals surface area contributed by atoms with E-state index in [-0.39, 0.29) is 5.56 Å². The predicted octanol–water partition coefficient (Wildman–Crippen LogP) is 2.09. The summed E-state index contributed by atoms with van der Waals surface area (Å²) in [7, 11) is 0. The van der Waals surface area contributed by atoms with Crippen molar-refractivity contribution >= 4 is 23.2 Å². The summed E-state index contributed by atoms with van der Waals surface area (Å²) in [4.78, 5) is 20.0. The Morgan fingerprint density at radius 3 is 2.60 bits per heavy atom. The van der Waals surface area contributed by atoms with Crippen LogP contribution in [-0.2, 0) is 0 Å². The van der Waals surface area contributed by atoms with Gasteiger partial charge in [0.15, 0.2) is 0 Å². The molecule has 132 valence electrons. The first-order valence-corrected chi connectivity index (χ1v) is 8.30. The van der Waals surface area contributed by atoms with Crippen molar-refractivity contribution in [2.24, 2.45) is 0 Å². The number of carboxylic acid groups (broad SMARTS) is 1. The number of rotatable bonds is 5. The topological polar surface area (TPSA) is 91.9 Å². The van der Waals surface area contributed by atoms with E-state index in [0.717, 1.165) is 24.5 Å². The summed E-state index contributed by atoms with van der Waals surface area (Å²) in [5.41, 5.74) is 7.23. The molecule has 1 fully saturated rings. The van der Waals surface area contributed by atoms with E-state index < -0.39 is 5.97 Å². The van der Waals surface area contributed by atoms with Gasteiger partial charge in [0, 0.05) is 26.2 Å². The van der Waals surface area contributed by atoms with Crippen LogP contribution in [-0.4, -0.2) is 48.8 Å². The number of nitrogens with zero attached hydrogens (tertiary/aromatic N) is 3. The van der Waals surface area contributed by atoms with Crippen LogP contribution in [0.1, 0.15) is 17.3 Å². The molecular formula is C18H22N4O3. The summed E-state index contributed by atoms with van der Waals surface area (Å²) >= 11 is 0. The maximum atomic E-state index is 11.5. The summed E-state index contributed by atoms with van der Waals surface area (Å²) in [6.07, 6.45) is 1.50. The molecule has 1 aliphatic rings. The molecule has 7 heteroatoms. The van der Waals surface area contributed by atoms with Crippen molar-refractivity contribution in [2.45, 2.75) is 6.92 Å². The van der Waals surface area contributed by atoms with Gasteiger partial charge in [0.05, 0.1) is 24.2 Å². The largest absolute Gasteiger partial charge is 0.492 e. The summed E-state index contributed by atoms with van der Waals surface area (Å²) in [6, 6.07) is 9.43. The Balaban J connectivity index is 1.76. The van der Waals surface area contributed by atoms with Gasteiger partial charge in [-0.15, -0.1) is 0 Å². The van der Waals surface area contributed by atoms with Crippen molar-refractivity contribution in [2.75, 3.05) is 48.3 Å². The zero-order chi connectivity index (χ0) is 17.8. The number of anilines is 3. The Labute approximate surface area is 146 Å². The second kappa shape index (κ2) is 7.29. The predicted molar refractivity (Wildman–Crippen MR) is 97.6 cm³/mol. The van der Waals surface area contributed by atoms with Crippen LogP contribution in [0, 0.1) is 0 Å². The summed E-state index contributed by atoms with van der Waals surface area (Å²) in [5, 5.41) is 9.40. The van der Waals surface area contributed by atoms with Gasteiger partial charge in [-0.2, -0.15) is 0 Å². The van der Waals surface area contributed by atoms with E-state index in [1.165, 1.54) is 12.3 Å². The van der Waals surface area contributed by atoms with Crippen molar-refractivity contribution in [3.05, 3.63) is 42.1 Å². The van der Waals surface area contributed by atoms with Crippen molar-refractivity contribution in [3.8, 4) is 5.75 Å². The molecule has 0 bridgehead atoms. The first kappa shape index (κ1) is 16.9. The standard InChI is InChI=1S/C18H22N4O3/c1-2-25-16-6-4-3-5-15(16)21-7-9-22(10-8-21)17-14(18(23)24)11-13(19)12-20-17/h3-6,11-12H,2,7-10,19H2,1H3,(H,23,24). The van der Waals surface area contributed by atoms with E-state index in [2.05, 4.69) is 9.88 Å². The quantitative estimate of drug-likeness (QED) is 0.859. The lowest BCUT2D eigenvalue weighted by molar-refractivity contribution is 0.0697. The zero-order valence-corrected chi connectivity index (χ0v) is 14.2. The lowest BCUT2D eigenvalue weighted by atomic mass is 10.2. The highest BCUT2D eigenvalue weighted by molar-refractivity contribution is 5.94. The number of para-hydroxylation sites is 2. The Hall–Kier alpha value is -2.96. The molecule has 0 aliphatic carbocycles. The van der Waals surface area contributed by atoms with Gasteiger partial charge < -0.3 is 25.4 Å². The number of aromatic nitrogens is 1. The van der Waals surface area contributed by atoms with Crippen LogP contribution in [0.3, 0.4) is 0 Å². The van der Waals surface area contributed by atoms with Gasteiger partial charge in [0.2, 0.25) is 0 Å². The van der Waals surface area contributed by atoms with Crippen LogP contribution in [0.5, 0.6) is 5.75 Å². The fraction of sp³-hybridized carbons (Fsp3) is 0.333. The normalized spacial score (nSPS) is 14.4. The fourth-order valence-corrected chi connectivity index (χ4v) is 3.04. The number of hydrogen-bond donors (Lipinski definition) is 2. The molecule has 0 unspecified atom stereocenters. The van der Waals surface area contributed by atoms with Crippen LogP contribution in [0.2, 0.25) is 0 Å². The zero-order valence-electron chi connectivity index (χ0n) is 14.2. The van der Waals surface area contributed by atoms with E-state index in [0.29, 0.717) is 31.2 Å². The lowest BCUT2D eigenvalue weighted by Crippen LogP contribution is -2.47. The molecule has 1 aromatic heterocycles. The van der Waals surface area contributed by atoms with E-state index in [4.69, 9.17) is 10.5 Å². The molecule has 0 atom stereocenters.